The van der Waals surface area contributed by atoms with Crippen molar-refractivity contribution in [3.63, 3.8) is 0 Å². The number of hydrogen-bond donors (Lipinski definition) is 1. The highest BCUT2D eigenvalue weighted by atomic mass is 19.4. The fourth-order valence-electron chi connectivity index (χ4n) is 3.18. The van der Waals surface area contributed by atoms with E-state index in [1.54, 1.807) is 11.0 Å². The largest absolute Gasteiger partial charge is 0.455 e. The van der Waals surface area contributed by atoms with Crippen LogP contribution in [0, 0.1) is 5.92 Å². The molecule has 1 aliphatic heterocycles. The Morgan fingerprint density at radius 3 is 2.43 bits per heavy atom. The summed E-state index contributed by atoms with van der Waals surface area (Å²) < 4.78 is 44.9. The van der Waals surface area contributed by atoms with Gasteiger partial charge in [0.2, 0.25) is 0 Å². The first kappa shape index (κ1) is 21.8. The average Bonchev–Trinajstić information content (AvgIpc) is 3.08. The number of nitrogens with one attached hydrogen (secondary N) is 1. The van der Waals surface area contributed by atoms with Gasteiger partial charge in [0.1, 0.15) is 5.82 Å². The molecule has 0 unspecified atom stereocenters. The lowest BCUT2D eigenvalue weighted by molar-refractivity contribution is -0.153. The topological polar surface area (TPSA) is 102 Å². The predicted octanol–water partition coefficient (Wildman–Crippen LogP) is 1.82. The normalized spacial score (nSPS) is 16.0. The Balaban J connectivity index is 1.58. The molecule has 0 atom stereocenters. The molecule has 1 fully saturated rings. The Kier molecular flexibility index (Phi) is 5.86. The Labute approximate surface area is 170 Å². The number of aromatic nitrogens is 4. The van der Waals surface area contributed by atoms with Crippen molar-refractivity contribution in [3.05, 3.63) is 18.0 Å². The van der Waals surface area contributed by atoms with E-state index in [9.17, 15) is 22.8 Å². The van der Waals surface area contributed by atoms with Crippen LogP contribution in [0.15, 0.2) is 12.1 Å². The number of hydrogen-bond acceptors (Lipinski definition) is 7. The first-order valence-corrected chi connectivity index (χ1v) is 9.46. The van der Waals surface area contributed by atoms with Crippen LogP contribution in [0.4, 0.5) is 19.0 Å². The number of alkyl halides is 3. The summed E-state index contributed by atoms with van der Waals surface area (Å²) in [4.78, 5) is 25.8. The van der Waals surface area contributed by atoms with Crippen LogP contribution >= 0.6 is 0 Å². The molecule has 12 heteroatoms. The molecule has 0 aromatic carbocycles. The Morgan fingerprint density at radius 2 is 1.83 bits per heavy atom. The zero-order valence-electron chi connectivity index (χ0n) is 16.9. The van der Waals surface area contributed by atoms with Crippen molar-refractivity contribution >= 4 is 23.3 Å². The lowest BCUT2D eigenvalue weighted by Gasteiger charge is -2.31. The average molecular weight is 428 g/mol. The molecule has 1 amide bonds. The van der Waals surface area contributed by atoms with Gasteiger partial charge in [0.25, 0.3) is 11.7 Å². The lowest BCUT2D eigenvalue weighted by atomic mass is 9.97. The van der Waals surface area contributed by atoms with Gasteiger partial charge in [-0.2, -0.15) is 17.7 Å². The molecule has 2 aromatic heterocycles. The summed E-state index contributed by atoms with van der Waals surface area (Å²) >= 11 is 0. The minimum Gasteiger partial charge on any atom is -0.455 e. The Hall–Kier alpha value is -2.92. The predicted molar refractivity (Wildman–Crippen MR) is 99.6 cm³/mol. The molecular weight excluding hydrogens is 405 g/mol. The van der Waals surface area contributed by atoms with Crippen LogP contribution in [0.25, 0.3) is 5.65 Å². The van der Waals surface area contributed by atoms with E-state index in [1.807, 2.05) is 20.8 Å². The van der Waals surface area contributed by atoms with Gasteiger partial charge in [-0.05, 0) is 45.7 Å². The van der Waals surface area contributed by atoms with Crippen LogP contribution in [-0.4, -0.2) is 56.9 Å². The summed E-state index contributed by atoms with van der Waals surface area (Å²) in [6.07, 6.45) is -3.79. The summed E-state index contributed by atoms with van der Waals surface area (Å²) in [5.74, 6) is -2.07. The molecule has 1 N–H and O–H groups in total. The zero-order valence-corrected chi connectivity index (χ0v) is 16.9. The van der Waals surface area contributed by atoms with Gasteiger partial charge >= 0.3 is 12.1 Å². The molecule has 2 aromatic rings. The quantitative estimate of drug-likeness (QED) is 0.741. The molecule has 0 saturated carbocycles. The van der Waals surface area contributed by atoms with E-state index in [0.29, 0.717) is 36.3 Å². The van der Waals surface area contributed by atoms with E-state index in [2.05, 4.69) is 20.6 Å². The highest BCUT2D eigenvalue weighted by Gasteiger charge is 2.38. The fraction of sp³-hybridized carbons (Fsp3) is 0.611. The number of fused-ring (bicyclic) bond motifs is 1. The lowest BCUT2D eigenvalue weighted by Crippen LogP contribution is -2.43. The molecule has 30 heavy (non-hydrogen) atoms. The van der Waals surface area contributed by atoms with Gasteiger partial charge in [0, 0.05) is 18.6 Å². The van der Waals surface area contributed by atoms with Crippen LogP contribution in [-0.2, 0) is 20.5 Å². The molecule has 1 saturated heterocycles. The van der Waals surface area contributed by atoms with Gasteiger partial charge in [-0.1, -0.05) is 0 Å². The van der Waals surface area contributed by atoms with E-state index < -0.39 is 23.5 Å². The number of ether oxygens (including phenoxy) is 1. The van der Waals surface area contributed by atoms with Crippen molar-refractivity contribution in [2.24, 2.45) is 5.92 Å². The minimum atomic E-state index is -4.67. The van der Waals surface area contributed by atoms with E-state index >= 15 is 0 Å². The van der Waals surface area contributed by atoms with Crippen molar-refractivity contribution in [3.8, 4) is 0 Å². The van der Waals surface area contributed by atoms with Gasteiger partial charge in [-0.3, -0.25) is 9.59 Å². The first-order chi connectivity index (χ1) is 13.9. The van der Waals surface area contributed by atoms with Crippen LogP contribution in [0.3, 0.4) is 0 Å². The number of halogens is 3. The van der Waals surface area contributed by atoms with Crippen molar-refractivity contribution < 1.29 is 27.5 Å². The van der Waals surface area contributed by atoms with E-state index in [-0.39, 0.29) is 24.1 Å². The molecule has 9 nitrogen and oxygen atoms in total. The number of piperidine rings is 1. The molecule has 1 aliphatic rings. The van der Waals surface area contributed by atoms with Gasteiger partial charge < -0.3 is 15.0 Å². The van der Waals surface area contributed by atoms with Gasteiger partial charge in [-0.15, -0.1) is 15.3 Å². The summed E-state index contributed by atoms with van der Waals surface area (Å²) in [5, 5.41) is 13.4. The van der Waals surface area contributed by atoms with E-state index in [4.69, 9.17) is 4.74 Å². The first-order valence-electron chi connectivity index (χ1n) is 9.46. The maximum Gasteiger partial charge on any atom is 0.453 e. The van der Waals surface area contributed by atoms with Crippen molar-refractivity contribution in [2.45, 2.75) is 45.3 Å². The van der Waals surface area contributed by atoms with Crippen LogP contribution in [0.2, 0.25) is 0 Å². The van der Waals surface area contributed by atoms with E-state index in [1.165, 1.54) is 6.07 Å². The van der Waals surface area contributed by atoms with Crippen molar-refractivity contribution in [1.82, 2.24) is 25.1 Å². The molecule has 0 spiro atoms. The molecular formula is C18H23F3N6O3. The van der Waals surface area contributed by atoms with Gasteiger partial charge in [0.05, 0.1) is 5.92 Å². The second-order valence-corrected chi connectivity index (χ2v) is 8.15. The number of anilines is 1. The molecule has 0 aliphatic carbocycles. The molecule has 0 bridgehead atoms. The third kappa shape index (κ3) is 5.16. The summed E-state index contributed by atoms with van der Waals surface area (Å²) in [6, 6.07) is 2.98. The SMILES string of the molecule is CC(C)(C)NC(=O)COC(=O)C1CCN(c2ccc3nnc(C(F)(F)F)n3n2)CC1. The second-order valence-electron chi connectivity index (χ2n) is 8.15. The second kappa shape index (κ2) is 8.07. The zero-order chi connectivity index (χ0) is 22.1. The molecule has 0 radical (unpaired) electrons. The number of carbonyl (C=O) groups is 2. The number of esters is 1. The number of carbonyl (C=O) groups excluding carboxylic acids is 2. The Bertz CT molecular complexity index is 929. The fourth-order valence-corrected chi connectivity index (χ4v) is 3.18. The van der Waals surface area contributed by atoms with Gasteiger partial charge in [-0.25, -0.2) is 0 Å². The Morgan fingerprint density at radius 1 is 1.17 bits per heavy atom. The standard InChI is InChI=1S/C18H23F3N6O3/c1-17(2,3)22-14(28)10-30-15(29)11-6-8-26(9-7-11)13-5-4-12-23-24-16(18(19,20)21)27(12)25-13/h4-5,11H,6-10H2,1-3H3,(H,22,28). The number of rotatable bonds is 4. The molecule has 3 heterocycles. The van der Waals surface area contributed by atoms with Gasteiger partial charge in [0.15, 0.2) is 12.3 Å². The van der Waals surface area contributed by atoms with Crippen molar-refractivity contribution in [1.29, 1.82) is 0 Å². The maximum absolute atomic E-state index is 13.0. The summed E-state index contributed by atoms with van der Waals surface area (Å²) in [6.45, 7) is 5.95. The minimum absolute atomic E-state index is 0.00179. The summed E-state index contributed by atoms with van der Waals surface area (Å²) in [5.41, 5.74) is -0.419. The van der Waals surface area contributed by atoms with E-state index in [0.717, 1.165) is 0 Å². The van der Waals surface area contributed by atoms with Crippen LogP contribution in [0.1, 0.15) is 39.4 Å². The van der Waals surface area contributed by atoms with Crippen LogP contribution < -0.4 is 10.2 Å². The third-order valence-corrected chi connectivity index (χ3v) is 4.51. The number of nitrogens with zero attached hydrogens (tertiary/aromatic N) is 5. The molecule has 3 rings (SSSR count). The highest BCUT2D eigenvalue weighted by molar-refractivity contribution is 5.81. The monoisotopic (exact) mass is 428 g/mol. The summed E-state index contributed by atoms with van der Waals surface area (Å²) in [7, 11) is 0. The van der Waals surface area contributed by atoms with Crippen molar-refractivity contribution in [2.75, 3.05) is 24.6 Å². The number of amides is 1. The molecule has 164 valence electrons. The maximum atomic E-state index is 13.0. The smallest absolute Gasteiger partial charge is 0.453 e. The third-order valence-electron chi connectivity index (χ3n) is 4.51. The highest BCUT2D eigenvalue weighted by Crippen LogP contribution is 2.28. The van der Waals surface area contributed by atoms with Crippen LogP contribution in [0.5, 0.6) is 0 Å².